The molecule has 0 saturated carbocycles. The summed E-state index contributed by atoms with van der Waals surface area (Å²) in [4.78, 5) is 20.3. The molecule has 0 amide bonds. The maximum absolute atomic E-state index is 10.5. The largest absolute Gasteiger partial charge is 0.394 e. The van der Waals surface area contributed by atoms with E-state index in [2.05, 4.69) is 0 Å². The number of aldehydes is 1. The third kappa shape index (κ3) is 14.8. The first-order chi connectivity index (χ1) is 14.8. The number of aliphatic hydroxyl groups excluding tert-OH is 14. The molecule has 0 rings (SSSR count). The molecule has 9 atom stereocenters. The summed E-state index contributed by atoms with van der Waals surface area (Å²) in [6.45, 7) is -3.66. The average Bonchev–Trinajstić information content (AvgIpc) is 2.84. The Balaban J connectivity index is -0.000000397. The van der Waals surface area contributed by atoms with Crippen molar-refractivity contribution in [3.63, 3.8) is 0 Å². The molecule has 0 aromatic carbocycles. The molecule has 0 bridgehead atoms. The van der Waals surface area contributed by atoms with Crippen molar-refractivity contribution in [3.05, 3.63) is 0 Å². The molecule has 0 radical (unpaired) electrons. The van der Waals surface area contributed by atoms with Gasteiger partial charge in [-0.3, -0.25) is 4.79 Å². The maximum Gasteiger partial charge on any atom is 0.189 e. The van der Waals surface area contributed by atoms with E-state index >= 15 is 0 Å². The van der Waals surface area contributed by atoms with Crippen LogP contribution < -0.4 is 0 Å². The summed E-state index contributed by atoms with van der Waals surface area (Å²) in [5, 5.41) is 120. The highest BCUT2D eigenvalue weighted by atomic mass is 16.4. The minimum atomic E-state index is -1.86. The van der Waals surface area contributed by atoms with E-state index in [1.807, 2.05) is 0 Å². The fourth-order valence-electron chi connectivity index (χ4n) is 1.49. The second-order valence-electron chi connectivity index (χ2n) is 6.17. The molecule has 0 unspecified atom stereocenters. The lowest BCUT2D eigenvalue weighted by Gasteiger charge is -2.19. The van der Waals surface area contributed by atoms with E-state index in [-0.39, 0.29) is 6.29 Å². The zero-order valence-corrected chi connectivity index (χ0v) is 16.9. The number of rotatable bonds is 13. The van der Waals surface area contributed by atoms with Gasteiger partial charge in [-0.1, -0.05) is 0 Å². The van der Waals surface area contributed by atoms with Crippen LogP contribution in [0.1, 0.15) is 0 Å². The third-order valence-electron chi connectivity index (χ3n) is 3.62. The van der Waals surface area contributed by atoms with E-state index in [0.29, 0.717) is 0 Å². The lowest BCUT2D eigenvalue weighted by molar-refractivity contribution is -0.142. The zero-order chi connectivity index (χ0) is 26.0. The fraction of sp³-hybridized carbons (Fsp3) is 0.875. The van der Waals surface area contributed by atoms with Crippen molar-refractivity contribution < 1.29 is 81.1 Å². The van der Waals surface area contributed by atoms with Gasteiger partial charge in [-0.05, 0) is 0 Å². The second-order valence-corrected chi connectivity index (χ2v) is 6.17. The quantitative estimate of drug-likeness (QED) is 0.108. The smallest absolute Gasteiger partial charge is 0.189 e. The predicted molar refractivity (Wildman–Crippen MR) is 101 cm³/mol. The number of ketones is 1. The van der Waals surface area contributed by atoms with Crippen LogP contribution in [0.2, 0.25) is 0 Å². The van der Waals surface area contributed by atoms with E-state index in [0.717, 1.165) is 0 Å². The third-order valence-corrected chi connectivity index (χ3v) is 3.62. The van der Waals surface area contributed by atoms with Gasteiger partial charge in [0.1, 0.15) is 61.5 Å². The van der Waals surface area contributed by atoms with Crippen molar-refractivity contribution in [2.24, 2.45) is 0 Å². The summed E-state index contributed by atoms with van der Waals surface area (Å²) in [5.41, 5.74) is 0. The second kappa shape index (κ2) is 20.4. The molecule has 0 aromatic heterocycles. The van der Waals surface area contributed by atoms with Crippen LogP contribution >= 0.6 is 0 Å². The maximum atomic E-state index is 10.5. The summed E-state index contributed by atoms with van der Waals surface area (Å²) in [7, 11) is 0. The minimum Gasteiger partial charge on any atom is -0.394 e. The van der Waals surface area contributed by atoms with Crippen LogP contribution in [0, 0.1) is 0 Å². The van der Waals surface area contributed by atoms with Gasteiger partial charge in [-0.15, -0.1) is 0 Å². The first-order valence-electron chi connectivity index (χ1n) is 8.95. The van der Waals surface area contributed by atoms with Gasteiger partial charge < -0.3 is 76.3 Å². The molecule has 0 aliphatic carbocycles. The van der Waals surface area contributed by atoms with Gasteiger partial charge in [-0.25, -0.2) is 0 Å². The number of carbonyl (C=O) groups is 2. The molecule has 0 aliphatic heterocycles. The van der Waals surface area contributed by atoms with Gasteiger partial charge in [-0.2, -0.15) is 0 Å². The van der Waals surface area contributed by atoms with Gasteiger partial charge in [0.25, 0.3) is 0 Å². The fourth-order valence-corrected chi connectivity index (χ4v) is 1.49. The molecule has 16 nitrogen and oxygen atoms in total. The highest BCUT2D eigenvalue weighted by Gasteiger charge is 2.29. The van der Waals surface area contributed by atoms with Gasteiger partial charge in [0.2, 0.25) is 0 Å². The van der Waals surface area contributed by atoms with Gasteiger partial charge in [0.05, 0.1) is 26.4 Å². The van der Waals surface area contributed by atoms with Gasteiger partial charge in [0, 0.05) is 0 Å². The molecule has 0 saturated heterocycles. The highest BCUT2D eigenvalue weighted by molar-refractivity contribution is 5.84. The molecule has 14 N–H and O–H groups in total. The monoisotopic (exact) mass is 482 g/mol. The van der Waals surface area contributed by atoms with Crippen LogP contribution in [0.5, 0.6) is 0 Å². The van der Waals surface area contributed by atoms with Gasteiger partial charge in [0.15, 0.2) is 12.1 Å². The number of hydrogen-bond donors (Lipinski definition) is 14. The predicted octanol–water partition coefficient (Wildman–Crippen LogP) is -9.06. The normalized spacial score (nSPS) is 19.3. The molecular formula is C16H34O16. The van der Waals surface area contributed by atoms with Crippen molar-refractivity contribution >= 4 is 12.1 Å². The minimum absolute atomic E-state index is 0.0869. The van der Waals surface area contributed by atoms with Crippen LogP contribution in [0.3, 0.4) is 0 Å². The van der Waals surface area contributed by atoms with Crippen LogP contribution in [-0.2, 0) is 9.59 Å². The Labute approximate surface area is 182 Å². The molecule has 0 aliphatic rings. The van der Waals surface area contributed by atoms with E-state index in [9.17, 15) is 9.59 Å². The van der Waals surface area contributed by atoms with E-state index < -0.39 is 93.8 Å². The summed E-state index contributed by atoms with van der Waals surface area (Å²) in [6.07, 6.45) is -14.1. The topological polar surface area (TPSA) is 317 Å². The Morgan fingerprint density at radius 2 is 0.875 bits per heavy atom. The first kappa shape index (κ1) is 35.4. The van der Waals surface area contributed by atoms with Gasteiger partial charge >= 0.3 is 0 Å². The van der Waals surface area contributed by atoms with Crippen molar-refractivity contribution in [2.45, 2.75) is 54.9 Å². The summed E-state index contributed by atoms with van der Waals surface area (Å²) >= 11 is 0. The Kier molecular flexibility index (Phi) is 22.5. The molecule has 0 aromatic rings. The molecular weight excluding hydrogens is 448 g/mol. The lowest BCUT2D eigenvalue weighted by Crippen LogP contribution is -2.44. The van der Waals surface area contributed by atoms with Crippen molar-refractivity contribution in [2.75, 3.05) is 33.0 Å². The van der Waals surface area contributed by atoms with E-state index in [4.69, 9.17) is 71.5 Å². The summed E-state index contributed by atoms with van der Waals surface area (Å²) < 4.78 is 0. The highest BCUT2D eigenvalue weighted by Crippen LogP contribution is 2.01. The van der Waals surface area contributed by atoms with Crippen molar-refractivity contribution in [1.29, 1.82) is 0 Å². The lowest BCUT2D eigenvalue weighted by atomic mass is 10.1. The molecule has 0 heterocycles. The number of carbonyl (C=O) groups excluding carboxylic acids is 2. The van der Waals surface area contributed by atoms with Crippen LogP contribution in [0.25, 0.3) is 0 Å². The Bertz CT molecular complexity index is 455. The Morgan fingerprint density at radius 3 is 1.16 bits per heavy atom. The molecule has 194 valence electrons. The van der Waals surface area contributed by atoms with E-state index in [1.165, 1.54) is 0 Å². The van der Waals surface area contributed by atoms with Crippen molar-refractivity contribution in [3.8, 4) is 0 Å². The standard InChI is InChI=1S/C6H12O6.C5H12O5.C5H10O5/c7-1-3(9)5(11)6(12)4(10)2-8;2*6-1-3(8)5(10)4(9)2-7/h3,5-9,11-12H,1-2H2;3-10H,1-2H2;1,3-5,7-10H,2H2/t3-,5-,6-;3-,4+,5+;3-,4-,5+/m1.0/s1. The number of hydrogen-bond acceptors (Lipinski definition) is 16. The number of aliphatic hydroxyl groups is 14. The average molecular weight is 482 g/mol. The number of Topliss-reactive ketones (excluding diaryl/α,β-unsaturated/α-hetero) is 1. The Morgan fingerprint density at radius 1 is 0.562 bits per heavy atom. The molecule has 0 fully saturated rings. The molecule has 16 heteroatoms. The Hall–Kier alpha value is -1.22. The van der Waals surface area contributed by atoms with Crippen molar-refractivity contribution in [1.82, 2.24) is 0 Å². The molecule has 32 heavy (non-hydrogen) atoms. The summed E-state index contributed by atoms with van der Waals surface area (Å²) in [6, 6.07) is 0. The van der Waals surface area contributed by atoms with E-state index in [1.54, 1.807) is 0 Å². The first-order valence-corrected chi connectivity index (χ1v) is 8.95. The van der Waals surface area contributed by atoms with Crippen LogP contribution in [-0.4, -0.2) is 172 Å². The zero-order valence-electron chi connectivity index (χ0n) is 16.9. The summed E-state index contributed by atoms with van der Waals surface area (Å²) in [5.74, 6) is -1.00. The van der Waals surface area contributed by atoms with Crippen LogP contribution in [0.4, 0.5) is 0 Å². The SMILES string of the molecule is O=C(CO)[C@@H](O)[C@H](O)[C@H](O)CO.O=C[C@H](O)[C@@H](O)[C@@H](O)CO.OC[C@@H](O)[C@H](O)[C@@H](O)CO. The molecule has 0 spiro atoms. The van der Waals surface area contributed by atoms with Crippen LogP contribution in [0.15, 0.2) is 0 Å².